The van der Waals surface area contributed by atoms with E-state index in [1.165, 1.54) is 32.3 Å². The van der Waals surface area contributed by atoms with E-state index in [1.807, 2.05) is 0 Å². The third-order valence-electron chi connectivity index (χ3n) is 4.68. The highest BCUT2D eigenvalue weighted by molar-refractivity contribution is 7.92. The molecule has 0 aliphatic carbocycles. The first-order valence-electron chi connectivity index (χ1n) is 10.0. The van der Waals surface area contributed by atoms with Gasteiger partial charge in [-0.2, -0.15) is 18.2 Å². The Labute approximate surface area is 199 Å². The number of anilines is 5. The van der Waals surface area contributed by atoms with Gasteiger partial charge in [0.2, 0.25) is 21.9 Å². The minimum atomic E-state index is -4.74. The number of carbonyl (C=O) groups excluding carboxylic acids is 1. The van der Waals surface area contributed by atoms with Gasteiger partial charge in [-0.15, -0.1) is 0 Å². The Kier molecular flexibility index (Phi) is 7.43. The first-order valence-corrected chi connectivity index (χ1v) is 11.9. The largest absolute Gasteiger partial charge is 0.421 e. The second-order valence-corrected chi connectivity index (χ2v) is 9.40. The van der Waals surface area contributed by atoms with Crippen LogP contribution in [0, 0.1) is 0 Å². The smallest absolute Gasteiger partial charge is 0.364 e. The van der Waals surface area contributed by atoms with Gasteiger partial charge in [0.1, 0.15) is 11.4 Å². The summed E-state index contributed by atoms with van der Waals surface area (Å²) in [5.74, 6) is -0.864. The molecule has 2 heterocycles. The molecule has 1 aromatic carbocycles. The number of amides is 1. The van der Waals surface area contributed by atoms with Crippen molar-refractivity contribution in [3.8, 4) is 0 Å². The summed E-state index contributed by atoms with van der Waals surface area (Å²) in [4.78, 5) is 22.9. The second-order valence-electron chi connectivity index (χ2n) is 7.39. The van der Waals surface area contributed by atoms with E-state index in [4.69, 9.17) is 0 Å². The molecule has 0 saturated carbocycles. The first-order chi connectivity index (χ1) is 16.3. The maximum Gasteiger partial charge on any atom is 0.421 e. The number of sulfonamides is 1. The van der Waals surface area contributed by atoms with E-state index in [9.17, 15) is 26.4 Å². The van der Waals surface area contributed by atoms with Gasteiger partial charge in [-0.3, -0.25) is 14.1 Å². The second kappa shape index (κ2) is 10.1. The highest BCUT2D eigenvalue weighted by Gasteiger charge is 2.35. The van der Waals surface area contributed by atoms with Crippen LogP contribution in [0.1, 0.15) is 18.2 Å². The molecule has 0 saturated heterocycles. The number of nitrogens with one attached hydrogen (secondary N) is 3. The molecular weight excluding hydrogens is 487 g/mol. The number of halogens is 3. The van der Waals surface area contributed by atoms with Crippen LogP contribution in [0.4, 0.5) is 42.0 Å². The monoisotopic (exact) mass is 509 g/mol. The quantitative estimate of drug-likeness (QED) is 0.420. The van der Waals surface area contributed by atoms with Crippen LogP contribution in [-0.4, -0.2) is 42.6 Å². The molecule has 0 bridgehead atoms. The standard InChI is InChI=1S/C21H22F3N7O3S/c1-13(32)28-14-6-8-15(9-7-14)29-20-27-11-16(21(22,23)24)19(30-20)26-12-17-18(5-4-10-25-17)31(2)35(3,33)34/h4-11H,12H2,1-3H3,(H,28,32)(H2,26,27,29,30). The van der Waals surface area contributed by atoms with Crippen molar-refractivity contribution < 1.29 is 26.4 Å². The fourth-order valence-corrected chi connectivity index (χ4v) is 3.48. The topological polar surface area (TPSA) is 129 Å². The number of carbonyl (C=O) groups is 1. The van der Waals surface area contributed by atoms with E-state index in [2.05, 4.69) is 30.9 Å². The number of hydrogen-bond acceptors (Lipinski definition) is 8. The molecule has 3 aromatic rings. The molecule has 0 spiro atoms. The van der Waals surface area contributed by atoms with E-state index in [0.717, 1.165) is 10.6 Å². The lowest BCUT2D eigenvalue weighted by Crippen LogP contribution is -2.26. The highest BCUT2D eigenvalue weighted by Crippen LogP contribution is 2.34. The van der Waals surface area contributed by atoms with Crippen molar-refractivity contribution >= 4 is 44.8 Å². The van der Waals surface area contributed by atoms with Crippen molar-refractivity contribution in [2.24, 2.45) is 0 Å². The maximum atomic E-state index is 13.6. The van der Waals surface area contributed by atoms with Gasteiger partial charge in [-0.1, -0.05) is 0 Å². The minimum Gasteiger partial charge on any atom is -0.364 e. The molecule has 0 radical (unpaired) electrons. The molecule has 0 unspecified atom stereocenters. The van der Waals surface area contributed by atoms with E-state index in [1.54, 1.807) is 24.3 Å². The average molecular weight is 510 g/mol. The molecule has 2 aromatic heterocycles. The molecule has 0 fully saturated rings. The van der Waals surface area contributed by atoms with Gasteiger partial charge in [0, 0.05) is 37.7 Å². The fourth-order valence-electron chi connectivity index (χ4n) is 2.95. The minimum absolute atomic E-state index is 0.109. The van der Waals surface area contributed by atoms with Gasteiger partial charge < -0.3 is 16.0 Å². The van der Waals surface area contributed by atoms with Crippen LogP contribution in [-0.2, 0) is 27.5 Å². The van der Waals surface area contributed by atoms with E-state index >= 15 is 0 Å². The zero-order chi connectivity index (χ0) is 25.8. The normalized spacial score (nSPS) is 11.6. The zero-order valence-electron chi connectivity index (χ0n) is 18.9. The Morgan fingerprint density at radius 2 is 1.74 bits per heavy atom. The lowest BCUT2D eigenvalue weighted by atomic mass is 10.2. The van der Waals surface area contributed by atoms with Crippen LogP contribution in [0.2, 0.25) is 0 Å². The van der Waals surface area contributed by atoms with Gasteiger partial charge in [-0.05, 0) is 36.4 Å². The Balaban J connectivity index is 1.87. The molecule has 186 valence electrons. The summed E-state index contributed by atoms with van der Waals surface area (Å²) in [7, 11) is -2.30. The SMILES string of the molecule is CC(=O)Nc1ccc(Nc2ncc(C(F)(F)F)c(NCc3ncccc3N(C)S(C)(=O)=O)n2)cc1. The van der Waals surface area contributed by atoms with Crippen molar-refractivity contribution in [2.45, 2.75) is 19.6 Å². The van der Waals surface area contributed by atoms with E-state index < -0.39 is 27.6 Å². The third-order valence-corrected chi connectivity index (χ3v) is 5.87. The maximum absolute atomic E-state index is 13.6. The number of benzene rings is 1. The summed E-state index contributed by atoms with van der Waals surface area (Å²) in [5.41, 5.74) is 0.339. The molecule has 3 N–H and O–H groups in total. The van der Waals surface area contributed by atoms with Crippen molar-refractivity contribution in [3.63, 3.8) is 0 Å². The van der Waals surface area contributed by atoms with Crippen molar-refractivity contribution in [1.82, 2.24) is 15.0 Å². The summed E-state index contributed by atoms with van der Waals surface area (Å²) in [5, 5.41) is 8.01. The van der Waals surface area contributed by atoms with Crippen LogP contribution in [0.25, 0.3) is 0 Å². The lowest BCUT2D eigenvalue weighted by molar-refractivity contribution is -0.137. The Morgan fingerprint density at radius 3 is 2.34 bits per heavy atom. The molecule has 10 nitrogen and oxygen atoms in total. The Hall–Kier alpha value is -3.94. The predicted molar refractivity (Wildman–Crippen MR) is 126 cm³/mol. The number of hydrogen-bond donors (Lipinski definition) is 3. The van der Waals surface area contributed by atoms with Crippen LogP contribution in [0.3, 0.4) is 0 Å². The number of pyridine rings is 1. The van der Waals surface area contributed by atoms with Gasteiger partial charge in [0.25, 0.3) is 0 Å². The van der Waals surface area contributed by atoms with Gasteiger partial charge in [-0.25, -0.2) is 13.4 Å². The third kappa shape index (κ3) is 6.79. The predicted octanol–water partition coefficient (Wildman–Crippen LogP) is 3.60. The highest BCUT2D eigenvalue weighted by atomic mass is 32.2. The lowest BCUT2D eigenvalue weighted by Gasteiger charge is -2.20. The first kappa shape index (κ1) is 25.7. The number of rotatable bonds is 8. The van der Waals surface area contributed by atoms with Crippen LogP contribution in [0.5, 0.6) is 0 Å². The molecule has 0 aliphatic rings. The number of aromatic nitrogens is 3. The van der Waals surface area contributed by atoms with Crippen LogP contribution < -0.4 is 20.3 Å². The molecule has 0 aliphatic heterocycles. The summed E-state index contributed by atoms with van der Waals surface area (Å²) < 4.78 is 65.5. The average Bonchev–Trinajstić information content (AvgIpc) is 2.77. The van der Waals surface area contributed by atoms with Gasteiger partial charge >= 0.3 is 6.18 Å². The Morgan fingerprint density at radius 1 is 1.09 bits per heavy atom. The van der Waals surface area contributed by atoms with Crippen molar-refractivity contribution in [2.75, 3.05) is 33.6 Å². The Bertz CT molecular complexity index is 1320. The summed E-state index contributed by atoms with van der Waals surface area (Å²) >= 11 is 0. The number of nitrogens with zero attached hydrogens (tertiary/aromatic N) is 4. The zero-order valence-corrected chi connectivity index (χ0v) is 19.7. The summed E-state index contributed by atoms with van der Waals surface area (Å²) in [6.45, 7) is 1.13. The molecule has 3 rings (SSSR count). The van der Waals surface area contributed by atoms with E-state index in [0.29, 0.717) is 17.6 Å². The summed E-state index contributed by atoms with van der Waals surface area (Å²) in [6, 6.07) is 9.42. The molecule has 0 atom stereocenters. The fraction of sp³-hybridized carbons (Fsp3) is 0.238. The van der Waals surface area contributed by atoms with Crippen LogP contribution in [0.15, 0.2) is 48.8 Å². The molecule has 14 heteroatoms. The van der Waals surface area contributed by atoms with Crippen molar-refractivity contribution in [3.05, 3.63) is 60.0 Å². The number of alkyl halides is 3. The van der Waals surface area contributed by atoms with E-state index in [-0.39, 0.29) is 29.8 Å². The molecule has 35 heavy (non-hydrogen) atoms. The van der Waals surface area contributed by atoms with Crippen LogP contribution >= 0.6 is 0 Å². The van der Waals surface area contributed by atoms with Crippen molar-refractivity contribution in [1.29, 1.82) is 0 Å². The molecule has 1 amide bonds. The molecular formula is C21H22F3N7O3S. The summed E-state index contributed by atoms with van der Waals surface area (Å²) in [6.07, 6.45) is -1.69. The van der Waals surface area contributed by atoms with Gasteiger partial charge in [0.05, 0.1) is 24.2 Å². The van der Waals surface area contributed by atoms with Gasteiger partial charge in [0.15, 0.2) is 0 Å².